The van der Waals surface area contributed by atoms with Crippen LogP contribution in [0.2, 0.25) is 0 Å². The predicted molar refractivity (Wildman–Crippen MR) is 79.8 cm³/mol. The Kier molecular flexibility index (Phi) is 4.61. The molecule has 0 spiro atoms. The molecule has 0 saturated heterocycles. The van der Waals surface area contributed by atoms with Gasteiger partial charge in [-0.1, -0.05) is 18.2 Å². The standard InChI is InChI=1S/C15H16FN3O2/c16-10-4-3-6-12(14(10)15(18)20)19-8-9-21-13-7-2-1-5-11(13)17/h1-7,19H,8-9,17H2,(H2,18,20). The van der Waals surface area contributed by atoms with Crippen LogP contribution in [0.4, 0.5) is 15.8 Å². The van der Waals surface area contributed by atoms with Gasteiger partial charge in [0.15, 0.2) is 0 Å². The highest BCUT2D eigenvalue weighted by molar-refractivity contribution is 5.98. The van der Waals surface area contributed by atoms with Crippen molar-refractivity contribution in [3.05, 3.63) is 53.8 Å². The molecule has 0 radical (unpaired) electrons. The fraction of sp³-hybridized carbons (Fsp3) is 0.133. The number of hydrogen-bond donors (Lipinski definition) is 3. The lowest BCUT2D eigenvalue weighted by Crippen LogP contribution is -2.19. The number of halogens is 1. The molecular weight excluding hydrogens is 273 g/mol. The zero-order chi connectivity index (χ0) is 15.2. The summed E-state index contributed by atoms with van der Waals surface area (Å²) in [7, 11) is 0. The Morgan fingerprint density at radius 2 is 1.95 bits per heavy atom. The van der Waals surface area contributed by atoms with Crippen LogP contribution in [0.1, 0.15) is 10.4 Å². The van der Waals surface area contributed by atoms with E-state index < -0.39 is 11.7 Å². The van der Waals surface area contributed by atoms with Crippen molar-refractivity contribution >= 4 is 17.3 Å². The maximum absolute atomic E-state index is 13.5. The number of amides is 1. The number of carbonyl (C=O) groups excluding carboxylic acids is 1. The van der Waals surface area contributed by atoms with Crippen molar-refractivity contribution in [2.24, 2.45) is 5.73 Å². The molecule has 0 aliphatic carbocycles. The molecule has 6 heteroatoms. The van der Waals surface area contributed by atoms with E-state index in [4.69, 9.17) is 16.2 Å². The molecule has 110 valence electrons. The van der Waals surface area contributed by atoms with E-state index in [0.717, 1.165) is 0 Å². The van der Waals surface area contributed by atoms with Crippen LogP contribution < -0.4 is 21.5 Å². The monoisotopic (exact) mass is 289 g/mol. The molecule has 0 heterocycles. The summed E-state index contributed by atoms with van der Waals surface area (Å²) < 4.78 is 19.0. The van der Waals surface area contributed by atoms with Gasteiger partial charge in [0.25, 0.3) is 5.91 Å². The molecule has 0 bridgehead atoms. The highest BCUT2D eigenvalue weighted by atomic mass is 19.1. The van der Waals surface area contributed by atoms with Gasteiger partial charge in [-0.25, -0.2) is 4.39 Å². The quantitative estimate of drug-likeness (QED) is 0.560. The van der Waals surface area contributed by atoms with E-state index in [1.165, 1.54) is 12.1 Å². The highest BCUT2D eigenvalue weighted by Gasteiger charge is 2.13. The Morgan fingerprint density at radius 3 is 2.67 bits per heavy atom. The van der Waals surface area contributed by atoms with Crippen molar-refractivity contribution in [1.29, 1.82) is 0 Å². The molecule has 0 saturated carbocycles. The van der Waals surface area contributed by atoms with E-state index in [0.29, 0.717) is 30.3 Å². The van der Waals surface area contributed by atoms with E-state index in [-0.39, 0.29) is 5.56 Å². The smallest absolute Gasteiger partial charge is 0.253 e. The maximum Gasteiger partial charge on any atom is 0.253 e. The third-order valence-corrected chi connectivity index (χ3v) is 2.85. The Bertz CT molecular complexity index is 647. The number of nitrogen functional groups attached to an aromatic ring is 1. The third kappa shape index (κ3) is 3.62. The summed E-state index contributed by atoms with van der Waals surface area (Å²) in [6.07, 6.45) is 0. The van der Waals surface area contributed by atoms with Crippen LogP contribution in [0.3, 0.4) is 0 Å². The van der Waals surface area contributed by atoms with E-state index >= 15 is 0 Å². The van der Waals surface area contributed by atoms with Crippen LogP contribution in [-0.4, -0.2) is 19.1 Å². The summed E-state index contributed by atoms with van der Waals surface area (Å²) in [6.45, 7) is 0.682. The van der Waals surface area contributed by atoms with Crippen molar-refractivity contribution in [3.8, 4) is 5.75 Å². The van der Waals surface area contributed by atoms with Crippen LogP contribution in [0.5, 0.6) is 5.75 Å². The number of nitrogens with one attached hydrogen (secondary N) is 1. The number of para-hydroxylation sites is 2. The van der Waals surface area contributed by atoms with Gasteiger partial charge in [-0.15, -0.1) is 0 Å². The fourth-order valence-corrected chi connectivity index (χ4v) is 1.88. The molecule has 1 amide bonds. The summed E-state index contributed by atoms with van der Waals surface area (Å²) >= 11 is 0. The molecule has 0 aromatic heterocycles. The molecule has 0 aliphatic heterocycles. The van der Waals surface area contributed by atoms with Gasteiger partial charge in [-0.3, -0.25) is 4.79 Å². The average molecular weight is 289 g/mol. The topological polar surface area (TPSA) is 90.4 Å². The molecule has 0 aliphatic rings. The zero-order valence-electron chi connectivity index (χ0n) is 11.3. The molecular formula is C15H16FN3O2. The first-order chi connectivity index (χ1) is 10.1. The molecule has 5 nitrogen and oxygen atoms in total. The first-order valence-corrected chi connectivity index (χ1v) is 6.39. The van der Waals surface area contributed by atoms with Gasteiger partial charge in [-0.05, 0) is 24.3 Å². The van der Waals surface area contributed by atoms with Crippen LogP contribution >= 0.6 is 0 Å². The SMILES string of the molecule is NC(=O)c1c(F)cccc1NCCOc1ccccc1N. The van der Waals surface area contributed by atoms with Gasteiger partial charge in [0, 0.05) is 6.54 Å². The fourth-order valence-electron chi connectivity index (χ4n) is 1.88. The second-order valence-electron chi connectivity index (χ2n) is 4.34. The second kappa shape index (κ2) is 6.60. The molecule has 5 N–H and O–H groups in total. The van der Waals surface area contributed by atoms with Crippen molar-refractivity contribution in [2.75, 3.05) is 24.2 Å². The number of rotatable bonds is 6. The van der Waals surface area contributed by atoms with Gasteiger partial charge >= 0.3 is 0 Å². The molecule has 21 heavy (non-hydrogen) atoms. The first kappa shape index (κ1) is 14.6. The summed E-state index contributed by atoms with van der Waals surface area (Å²) in [5.41, 5.74) is 11.6. The molecule has 2 aromatic rings. The summed E-state index contributed by atoms with van der Waals surface area (Å²) in [5.74, 6) is -0.891. The van der Waals surface area contributed by atoms with Crippen LogP contribution in [-0.2, 0) is 0 Å². The van der Waals surface area contributed by atoms with Crippen LogP contribution in [0.15, 0.2) is 42.5 Å². The van der Waals surface area contributed by atoms with Crippen molar-refractivity contribution in [2.45, 2.75) is 0 Å². The number of ether oxygens (including phenoxy) is 1. The highest BCUT2D eigenvalue weighted by Crippen LogP contribution is 2.20. The van der Waals surface area contributed by atoms with Gasteiger partial charge < -0.3 is 21.5 Å². The number of nitrogens with two attached hydrogens (primary N) is 2. The molecule has 2 rings (SSSR count). The van der Waals surface area contributed by atoms with Gasteiger partial charge in [0.1, 0.15) is 18.2 Å². The normalized spacial score (nSPS) is 10.1. The Labute approximate surface area is 121 Å². The maximum atomic E-state index is 13.5. The average Bonchev–Trinajstić information content (AvgIpc) is 2.45. The van der Waals surface area contributed by atoms with Crippen molar-refractivity contribution in [3.63, 3.8) is 0 Å². The largest absolute Gasteiger partial charge is 0.490 e. The van der Waals surface area contributed by atoms with E-state index in [1.54, 1.807) is 18.2 Å². The van der Waals surface area contributed by atoms with Crippen LogP contribution in [0, 0.1) is 5.82 Å². The lowest BCUT2D eigenvalue weighted by Gasteiger charge is -2.12. The number of primary amides is 1. The first-order valence-electron chi connectivity index (χ1n) is 6.39. The minimum absolute atomic E-state index is 0.156. The molecule has 0 fully saturated rings. The minimum Gasteiger partial charge on any atom is -0.490 e. The van der Waals surface area contributed by atoms with E-state index in [2.05, 4.69) is 5.32 Å². The lowest BCUT2D eigenvalue weighted by molar-refractivity contribution is 0.0997. The number of hydrogen-bond acceptors (Lipinski definition) is 4. The van der Waals surface area contributed by atoms with Gasteiger partial charge in [0.05, 0.1) is 16.9 Å². The van der Waals surface area contributed by atoms with Gasteiger partial charge in [0.2, 0.25) is 0 Å². The number of carbonyl (C=O) groups is 1. The molecule has 2 aromatic carbocycles. The summed E-state index contributed by atoms with van der Waals surface area (Å²) in [5, 5.41) is 2.92. The lowest BCUT2D eigenvalue weighted by atomic mass is 10.1. The Morgan fingerprint density at radius 1 is 1.19 bits per heavy atom. The molecule has 0 unspecified atom stereocenters. The van der Waals surface area contributed by atoms with Gasteiger partial charge in [-0.2, -0.15) is 0 Å². The van der Waals surface area contributed by atoms with E-state index in [1.807, 2.05) is 12.1 Å². The third-order valence-electron chi connectivity index (χ3n) is 2.85. The summed E-state index contributed by atoms with van der Waals surface area (Å²) in [6, 6.07) is 11.4. The van der Waals surface area contributed by atoms with Crippen LogP contribution in [0.25, 0.3) is 0 Å². The summed E-state index contributed by atoms with van der Waals surface area (Å²) in [4.78, 5) is 11.2. The zero-order valence-corrected chi connectivity index (χ0v) is 11.3. The second-order valence-corrected chi connectivity index (χ2v) is 4.34. The number of benzene rings is 2. The Hall–Kier alpha value is -2.76. The number of anilines is 2. The van der Waals surface area contributed by atoms with Crippen molar-refractivity contribution < 1.29 is 13.9 Å². The Balaban J connectivity index is 1.94. The van der Waals surface area contributed by atoms with Crippen molar-refractivity contribution in [1.82, 2.24) is 0 Å². The predicted octanol–water partition coefficient (Wildman–Crippen LogP) is 2.00. The minimum atomic E-state index is -0.816. The van der Waals surface area contributed by atoms with E-state index in [9.17, 15) is 9.18 Å². The molecule has 0 atom stereocenters.